The highest BCUT2D eigenvalue weighted by Gasteiger charge is 2.38. The average molecular weight is 287 g/mol. The fraction of sp³-hybridized carbons (Fsp3) is 0.867. The van der Waals surface area contributed by atoms with Crippen LogP contribution >= 0.6 is 0 Å². The Morgan fingerprint density at radius 1 is 1.50 bits per heavy atom. The second-order valence-electron chi connectivity index (χ2n) is 6.94. The predicted molar refractivity (Wildman–Crippen MR) is 75.3 cm³/mol. The van der Waals surface area contributed by atoms with E-state index >= 15 is 0 Å². The summed E-state index contributed by atoms with van der Waals surface area (Å²) in [6.45, 7) is 7.46. The number of likely N-dealkylation sites (N-methyl/N-ethyl adjacent to an activating group) is 1. The Labute approximate surface area is 120 Å². The minimum atomic E-state index is -1.35. The quantitative estimate of drug-likeness (QED) is 0.591. The minimum Gasteiger partial charge on any atom is -0.459 e. The van der Waals surface area contributed by atoms with Gasteiger partial charge in [-0.1, -0.05) is 0 Å². The number of hydrogen-bond donors (Lipinski definition) is 0. The van der Waals surface area contributed by atoms with Gasteiger partial charge in [-0.15, -0.1) is 0 Å². The van der Waals surface area contributed by atoms with E-state index in [0.29, 0.717) is 12.8 Å². The second kappa shape index (κ2) is 6.20. The number of Topliss-reactive ketones (excluding diaryl/α,β-unsaturated/α-hetero) is 1. The number of esters is 1. The van der Waals surface area contributed by atoms with Gasteiger partial charge in [0.15, 0.2) is 12.0 Å². The number of rotatable bonds is 3. The Kier molecular flexibility index (Phi) is 5.30. The SMILES string of the molecule is CN(CC(=O)OC(C)(C)C)[C@@]1(C)CCCC(F)C(=O)C1. The van der Waals surface area contributed by atoms with Gasteiger partial charge in [-0.2, -0.15) is 0 Å². The molecule has 0 aromatic heterocycles. The Bertz CT molecular complexity index is 378. The van der Waals surface area contributed by atoms with Crippen LogP contribution in [0.4, 0.5) is 4.39 Å². The molecule has 0 aromatic rings. The lowest BCUT2D eigenvalue weighted by Gasteiger charge is -2.37. The van der Waals surface area contributed by atoms with Crippen LogP contribution in [0.15, 0.2) is 0 Å². The number of hydrogen-bond acceptors (Lipinski definition) is 4. The first-order valence-corrected chi connectivity index (χ1v) is 7.13. The van der Waals surface area contributed by atoms with Crippen LogP contribution in [0.5, 0.6) is 0 Å². The third kappa shape index (κ3) is 4.85. The maximum Gasteiger partial charge on any atom is 0.320 e. The maximum atomic E-state index is 13.5. The largest absolute Gasteiger partial charge is 0.459 e. The van der Waals surface area contributed by atoms with E-state index in [1.807, 2.05) is 32.6 Å². The molecule has 5 heteroatoms. The van der Waals surface area contributed by atoms with Crippen LogP contribution in [0, 0.1) is 0 Å². The highest BCUT2D eigenvalue weighted by molar-refractivity contribution is 5.84. The third-order valence-corrected chi connectivity index (χ3v) is 3.79. The molecule has 116 valence electrons. The summed E-state index contributed by atoms with van der Waals surface area (Å²) in [7, 11) is 1.79. The van der Waals surface area contributed by atoms with Gasteiger partial charge in [-0.05, 0) is 54.0 Å². The summed E-state index contributed by atoms with van der Waals surface area (Å²) in [4.78, 5) is 25.4. The molecule has 1 rings (SSSR count). The van der Waals surface area contributed by atoms with E-state index < -0.39 is 17.3 Å². The molecular formula is C15H26FNO3. The number of carbonyl (C=O) groups excluding carboxylic acids is 2. The van der Waals surface area contributed by atoms with Crippen molar-refractivity contribution in [1.29, 1.82) is 0 Å². The molecule has 0 heterocycles. The summed E-state index contributed by atoms with van der Waals surface area (Å²) in [6, 6.07) is 0. The van der Waals surface area contributed by atoms with Crippen LogP contribution in [0.3, 0.4) is 0 Å². The summed E-state index contributed by atoms with van der Waals surface area (Å²) in [5.74, 6) is -0.684. The minimum absolute atomic E-state index is 0.109. The maximum absolute atomic E-state index is 13.5. The molecule has 1 fully saturated rings. The Hall–Kier alpha value is -0.970. The lowest BCUT2D eigenvalue weighted by atomic mass is 9.90. The number of carbonyl (C=O) groups is 2. The van der Waals surface area contributed by atoms with Gasteiger partial charge in [0.1, 0.15) is 5.60 Å². The third-order valence-electron chi connectivity index (χ3n) is 3.79. The zero-order valence-electron chi connectivity index (χ0n) is 13.2. The van der Waals surface area contributed by atoms with E-state index in [2.05, 4.69) is 0 Å². The summed E-state index contributed by atoms with van der Waals surface area (Å²) >= 11 is 0. The molecule has 20 heavy (non-hydrogen) atoms. The first-order chi connectivity index (χ1) is 9.03. The molecule has 2 atom stereocenters. The number of ether oxygens (including phenoxy) is 1. The Morgan fingerprint density at radius 2 is 2.10 bits per heavy atom. The smallest absolute Gasteiger partial charge is 0.320 e. The van der Waals surface area contributed by atoms with E-state index in [1.165, 1.54) is 0 Å². The molecule has 0 bridgehead atoms. The van der Waals surface area contributed by atoms with E-state index in [9.17, 15) is 14.0 Å². The molecule has 0 aromatic carbocycles. The van der Waals surface area contributed by atoms with Gasteiger partial charge in [-0.3, -0.25) is 14.5 Å². The van der Waals surface area contributed by atoms with Crippen LogP contribution in [-0.4, -0.2) is 47.6 Å². The van der Waals surface area contributed by atoms with Gasteiger partial charge >= 0.3 is 5.97 Å². The molecule has 0 aliphatic heterocycles. The summed E-state index contributed by atoms with van der Waals surface area (Å²) in [6.07, 6.45) is 0.439. The fourth-order valence-electron chi connectivity index (χ4n) is 2.48. The highest BCUT2D eigenvalue weighted by Crippen LogP contribution is 2.30. The van der Waals surface area contributed by atoms with Gasteiger partial charge in [0.2, 0.25) is 0 Å². The highest BCUT2D eigenvalue weighted by atomic mass is 19.1. The van der Waals surface area contributed by atoms with Crippen molar-refractivity contribution in [2.24, 2.45) is 0 Å². The van der Waals surface area contributed by atoms with E-state index in [-0.39, 0.29) is 31.1 Å². The molecule has 0 amide bonds. The van der Waals surface area contributed by atoms with Crippen molar-refractivity contribution in [2.45, 2.75) is 70.7 Å². The normalized spacial score (nSPS) is 28.4. The van der Waals surface area contributed by atoms with E-state index in [0.717, 1.165) is 0 Å². The van der Waals surface area contributed by atoms with Crippen molar-refractivity contribution in [3.8, 4) is 0 Å². The van der Waals surface area contributed by atoms with Gasteiger partial charge in [0.25, 0.3) is 0 Å². The lowest BCUT2D eigenvalue weighted by Crippen LogP contribution is -2.48. The molecular weight excluding hydrogens is 261 g/mol. The van der Waals surface area contributed by atoms with Crippen LogP contribution in [-0.2, 0) is 14.3 Å². The zero-order chi connectivity index (χ0) is 15.6. The fourth-order valence-corrected chi connectivity index (χ4v) is 2.48. The van der Waals surface area contributed by atoms with Crippen molar-refractivity contribution in [1.82, 2.24) is 4.90 Å². The zero-order valence-corrected chi connectivity index (χ0v) is 13.2. The first kappa shape index (κ1) is 17.1. The molecule has 0 spiro atoms. The Morgan fingerprint density at radius 3 is 2.65 bits per heavy atom. The molecule has 0 radical (unpaired) electrons. The molecule has 1 aliphatic rings. The first-order valence-electron chi connectivity index (χ1n) is 7.13. The Balaban J connectivity index is 2.67. The molecule has 1 aliphatic carbocycles. The monoisotopic (exact) mass is 287 g/mol. The standard InChI is InChI=1S/C15H26FNO3/c1-14(2,3)20-13(19)10-17(5)15(4)8-6-7-11(16)12(18)9-15/h11H,6-10H2,1-5H3/t11?,15-/m0/s1. The predicted octanol–water partition coefficient (Wildman–Crippen LogP) is 2.50. The van der Waals surface area contributed by atoms with Crippen molar-refractivity contribution >= 4 is 11.8 Å². The topological polar surface area (TPSA) is 46.6 Å². The number of nitrogens with zero attached hydrogens (tertiary/aromatic N) is 1. The van der Waals surface area contributed by atoms with Crippen LogP contribution in [0.2, 0.25) is 0 Å². The van der Waals surface area contributed by atoms with Crippen molar-refractivity contribution in [3.63, 3.8) is 0 Å². The van der Waals surface area contributed by atoms with Gasteiger partial charge in [0, 0.05) is 12.0 Å². The van der Waals surface area contributed by atoms with E-state index in [1.54, 1.807) is 7.05 Å². The van der Waals surface area contributed by atoms with Crippen LogP contribution in [0.25, 0.3) is 0 Å². The molecule has 4 nitrogen and oxygen atoms in total. The summed E-state index contributed by atoms with van der Waals surface area (Å²) in [5, 5.41) is 0. The van der Waals surface area contributed by atoms with Crippen molar-refractivity contribution < 1.29 is 18.7 Å². The van der Waals surface area contributed by atoms with Crippen LogP contribution < -0.4 is 0 Å². The van der Waals surface area contributed by atoms with Crippen molar-refractivity contribution in [3.05, 3.63) is 0 Å². The number of halogens is 1. The van der Waals surface area contributed by atoms with Gasteiger partial charge < -0.3 is 4.74 Å². The molecule has 0 saturated heterocycles. The second-order valence-corrected chi connectivity index (χ2v) is 6.94. The van der Waals surface area contributed by atoms with Crippen molar-refractivity contribution in [2.75, 3.05) is 13.6 Å². The average Bonchev–Trinajstić information content (AvgIpc) is 2.37. The summed E-state index contributed by atoms with van der Waals surface area (Å²) in [5.41, 5.74) is -1.00. The molecule has 0 N–H and O–H groups in total. The number of ketones is 1. The van der Waals surface area contributed by atoms with Gasteiger partial charge in [0.05, 0.1) is 6.54 Å². The lowest BCUT2D eigenvalue weighted by molar-refractivity contribution is -0.157. The molecule has 1 saturated carbocycles. The number of alkyl halides is 1. The molecule has 1 unspecified atom stereocenters. The van der Waals surface area contributed by atoms with Crippen LogP contribution in [0.1, 0.15) is 53.4 Å². The summed E-state index contributed by atoms with van der Waals surface area (Å²) < 4.78 is 18.8. The van der Waals surface area contributed by atoms with E-state index in [4.69, 9.17) is 4.74 Å². The van der Waals surface area contributed by atoms with Gasteiger partial charge in [-0.25, -0.2) is 4.39 Å².